The zero-order valence-electron chi connectivity index (χ0n) is 14.5. The molecule has 0 bridgehead atoms. The van der Waals surface area contributed by atoms with Crippen molar-refractivity contribution in [3.63, 3.8) is 0 Å². The maximum atomic E-state index is 12.1. The summed E-state index contributed by atoms with van der Waals surface area (Å²) in [4.78, 5) is 22.8. The molecule has 134 valence electrons. The van der Waals surface area contributed by atoms with Crippen LogP contribution in [0, 0.1) is 10.1 Å². The maximum absolute atomic E-state index is 12.1. The molecule has 24 heavy (non-hydrogen) atoms. The van der Waals surface area contributed by atoms with Crippen LogP contribution in [0.25, 0.3) is 0 Å². The molecular weight excluding hydrogens is 314 g/mol. The highest BCUT2D eigenvalue weighted by Gasteiger charge is 2.27. The summed E-state index contributed by atoms with van der Waals surface area (Å²) in [5.41, 5.74) is 5.38. The first kappa shape index (κ1) is 19.7. The van der Waals surface area contributed by atoms with Gasteiger partial charge in [0.15, 0.2) is 11.5 Å². The molecule has 0 heterocycles. The second-order valence-corrected chi connectivity index (χ2v) is 5.77. The van der Waals surface area contributed by atoms with Crippen molar-refractivity contribution in [3.05, 3.63) is 27.8 Å². The third kappa shape index (κ3) is 4.82. The number of nitrogens with one attached hydrogen (secondary N) is 1. The van der Waals surface area contributed by atoms with Gasteiger partial charge in [-0.15, -0.1) is 0 Å². The Labute approximate surface area is 141 Å². The van der Waals surface area contributed by atoms with Crippen molar-refractivity contribution in [2.24, 2.45) is 5.73 Å². The van der Waals surface area contributed by atoms with E-state index in [2.05, 4.69) is 5.32 Å². The van der Waals surface area contributed by atoms with Gasteiger partial charge in [0.2, 0.25) is 5.91 Å². The monoisotopic (exact) mass is 339 g/mol. The number of ether oxygens (including phenoxy) is 2. The molecule has 1 atom stereocenters. The second kappa shape index (κ2) is 8.49. The van der Waals surface area contributed by atoms with Gasteiger partial charge in [0.1, 0.15) is 0 Å². The molecule has 0 saturated carbocycles. The van der Waals surface area contributed by atoms with Crippen LogP contribution >= 0.6 is 0 Å². The number of amides is 1. The van der Waals surface area contributed by atoms with Crippen molar-refractivity contribution in [1.29, 1.82) is 0 Å². The zero-order valence-corrected chi connectivity index (χ0v) is 14.5. The Morgan fingerprint density at radius 1 is 1.33 bits per heavy atom. The van der Waals surface area contributed by atoms with Gasteiger partial charge in [0.05, 0.1) is 30.7 Å². The van der Waals surface area contributed by atoms with E-state index in [1.54, 1.807) is 13.0 Å². The van der Waals surface area contributed by atoms with Crippen LogP contribution in [0.3, 0.4) is 0 Å². The number of nitro benzene ring substituents is 1. The number of carbonyl (C=O) groups excluding carboxylic acids is 1. The fraction of sp³-hybridized carbons (Fsp3) is 0.562. The predicted molar refractivity (Wildman–Crippen MR) is 90.4 cm³/mol. The average molecular weight is 339 g/mol. The Bertz CT molecular complexity index is 602. The Morgan fingerprint density at radius 3 is 2.42 bits per heavy atom. The summed E-state index contributed by atoms with van der Waals surface area (Å²) >= 11 is 0. The van der Waals surface area contributed by atoms with Crippen molar-refractivity contribution in [1.82, 2.24) is 5.32 Å². The lowest BCUT2D eigenvalue weighted by Gasteiger charge is -2.22. The lowest BCUT2D eigenvalue weighted by molar-refractivity contribution is -0.385. The minimum atomic E-state index is -0.946. The Balaban J connectivity index is 2.87. The molecule has 0 fully saturated rings. The highest BCUT2D eigenvalue weighted by Crippen LogP contribution is 2.34. The molecule has 0 saturated heterocycles. The minimum absolute atomic E-state index is 0.0778. The van der Waals surface area contributed by atoms with Crippen molar-refractivity contribution >= 4 is 11.6 Å². The number of nitro groups is 1. The quantitative estimate of drug-likeness (QED) is 0.523. The molecule has 0 aliphatic heterocycles. The van der Waals surface area contributed by atoms with Crippen molar-refractivity contribution in [2.75, 3.05) is 20.8 Å². The Kier molecular flexibility index (Phi) is 6.97. The van der Waals surface area contributed by atoms with Crippen LogP contribution < -0.4 is 20.5 Å². The van der Waals surface area contributed by atoms with E-state index >= 15 is 0 Å². The van der Waals surface area contributed by atoms with Gasteiger partial charge in [-0.2, -0.15) is 0 Å². The third-order valence-corrected chi connectivity index (χ3v) is 3.75. The van der Waals surface area contributed by atoms with Gasteiger partial charge < -0.3 is 20.5 Å². The number of benzene rings is 1. The number of rotatable bonds is 9. The molecule has 0 aromatic heterocycles. The van der Waals surface area contributed by atoms with Gasteiger partial charge >= 0.3 is 0 Å². The summed E-state index contributed by atoms with van der Waals surface area (Å²) < 4.78 is 10.3. The molecule has 0 aliphatic rings. The molecule has 8 heteroatoms. The lowest BCUT2D eigenvalue weighted by Crippen LogP contribution is -2.51. The van der Waals surface area contributed by atoms with E-state index in [0.717, 1.165) is 6.42 Å². The molecule has 1 rings (SSSR count). The standard InChI is InChI=1S/C16H25N3O5/c1-5-7-16(2,17)15(20)18-8-6-11-9-13(23-3)14(24-4)10-12(11)19(21)22/h9-10H,5-8,17H2,1-4H3,(H,18,20). The van der Waals surface area contributed by atoms with E-state index in [1.165, 1.54) is 20.3 Å². The molecule has 8 nitrogen and oxygen atoms in total. The molecule has 1 unspecified atom stereocenters. The zero-order chi connectivity index (χ0) is 18.3. The predicted octanol–water partition coefficient (Wildman–Crippen LogP) is 1.79. The van der Waals surface area contributed by atoms with Gasteiger partial charge in [-0.05, 0) is 25.8 Å². The first-order chi connectivity index (χ1) is 11.3. The fourth-order valence-electron chi connectivity index (χ4n) is 2.43. The fourth-order valence-corrected chi connectivity index (χ4v) is 2.43. The van der Waals surface area contributed by atoms with E-state index in [0.29, 0.717) is 17.7 Å². The summed E-state index contributed by atoms with van der Waals surface area (Å²) in [6.45, 7) is 3.86. The molecule has 1 aromatic rings. The van der Waals surface area contributed by atoms with Crippen molar-refractivity contribution < 1.29 is 19.2 Å². The van der Waals surface area contributed by atoms with Crippen LogP contribution in [-0.2, 0) is 11.2 Å². The summed E-state index contributed by atoms with van der Waals surface area (Å²) in [5.74, 6) is 0.418. The van der Waals surface area contributed by atoms with Crippen LogP contribution in [0.1, 0.15) is 32.3 Å². The normalized spacial score (nSPS) is 13.0. The number of methoxy groups -OCH3 is 2. The van der Waals surface area contributed by atoms with Crippen LogP contribution in [0.4, 0.5) is 5.69 Å². The number of nitrogens with two attached hydrogens (primary N) is 1. The number of nitrogens with zero attached hydrogens (tertiary/aromatic N) is 1. The maximum Gasteiger partial charge on any atom is 0.276 e. The van der Waals surface area contributed by atoms with Crippen LogP contribution in [0.2, 0.25) is 0 Å². The highest BCUT2D eigenvalue weighted by atomic mass is 16.6. The topological polar surface area (TPSA) is 117 Å². The van der Waals surface area contributed by atoms with Crippen LogP contribution in [0.15, 0.2) is 12.1 Å². The van der Waals surface area contributed by atoms with Gasteiger partial charge in [0.25, 0.3) is 5.69 Å². The number of hydrogen-bond acceptors (Lipinski definition) is 6. The second-order valence-electron chi connectivity index (χ2n) is 5.77. The number of carbonyl (C=O) groups is 1. The highest BCUT2D eigenvalue weighted by molar-refractivity contribution is 5.85. The van der Waals surface area contributed by atoms with Crippen LogP contribution in [-0.4, -0.2) is 37.1 Å². The molecule has 3 N–H and O–H groups in total. The third-order valence-electron chi connectivity index (χ3n) is 3.75. The SMILES string of the molecule is CCCC(C)(N)C(=O)NCCc1cc(OC)c(OC)cc1[N+](=O)[O-]. The molecule has 0 spiro atoms. The molecule has 0 radical (unpaired) electrons. The summed E-state index contributed by atoms with van der Waals surface area (Å²) in [7, 11) is 2.87. The van der Waals surface area contributed by atoms with E-state index < -0.39 is 10.5 Å². The molecule has 1 aromatic carbocycles. The van der Waals surface area contributed by atoms with E-state index in [1.807, 2.05) is 6.92 Å². The van der Waals surface area contributed by atoms with Crippen molar-refractivity contribution in [2.45, 2.75) is 38.6 Å². The van der Waals surface area contributed by atoms with E-state index in [9.17, 15) is 14.9 Å². The van der Waals surface area contributed by atoms with Crippen molar-refractivity contribution in [3.8, 4) is 11.5 Å². The smallest absolute Gasteiger partial charge is 0.276 e. The van der Waals surface area contributed by atoms with Gasteiger partial charge in [-0.3, -0.25) is 14.9 Å². The van der Waals surface area contributed by atoms with E-state index in [-0.39, 0.29) is 30.3 Å². The molecule has 1 amide bonds. The largest absolute Gasteiger partial charge is 0.493 e. The van der Waals surface area contributed by atoms with Crippen LogP contribution in [0.5, 0.6) is 11.5 Å². The van der Waals surface area contributed by atoms with Gasteiger partial charge in [-0.1, -0.05) is 13.3 Å². The molecule has 0 aliphatic carbocycles. The Morgan fingerprint density at radius 2 is 1.92 bits per heavy atom. The van der Waals surface area contributed by atoms with Gasteiger partial charge in [-0.25, -0.2) is 0 Å². The minimum Gasteiger partial charge on any atom is -0.493 e. The summed E-state index contributed by atoms with van der Waals surface area (Å²) in [5, 5.41) is 14.0. The summed E-state index contributed by atoms with van der Waals surface area (Å²) in [6, 6.07) is 2.87. The number of hydrogen-bond donors (Lipinski definition) is 2. The average Bonchev–Trinajstić information content (AvgIpc) is 2.53. The first-order valence-corrected chi connectivity index (χ1v) is 7.73. The Hall–Kier alpha value is -2.35. The first-order valence-electron chi connectivity index (χ1n) is 7.73. The van der Waals surface area contributed by atoms with Gasteiger partial charge in [0, 0.05) is 12.1 Å². The van der Waals surface area contributed by atoms with E-state index in [4.69, 9.17) is 15.2 Å². The molecular formula is C16H25N3O5. The summed E-state index contributed by atoms with van der Waals surface area (Å²) in [6.07, 6.45) is 1.64. The lowest BCUT2D eigenvalue weighted by atomic mass is 9.96.